The Morgan fingerprint density at radius 2 is 1.83 bits per heavy atom. The molecule has 2 aromatic rings. The van der Waals surface area contributed by atoms with Crippen molar-refractivity contribution >= 4 is 11.6 Å². The van der Waals surface area contributed by atoms with Crippen molar-refractivity contribution in [2.24, 2.45) is 0 Å². The van der Waals surface area contributed by atoms with Crippen molar-refractivity contribution in [3.05, 3.63) is 65.0 Å². The number of rotatable bonds is 3. The van der Waals surface area contributed by atoms with Crippen molar-refractivity contribution in [2.75, 3.05) is 0 Å². The van der Waals surface area contributed by atoms with Gasteiger partial charge in [-0.15, -0.1) is 11.6 Å². The highest BCUT2D eigenvalue weighted by Crippen LogP contribution is 2.29. The predicted molar refractivity (Wildman–Crippen MR) is 67.6 cm³/mol. The van der Waals surface area contributed by atoms with Gasteiger partial charge in [0.1, 0.15) is 11.6 Å². The minimum atomic E-state index is -0.764. The molecule has 0 fully saturated rings. The van der Waals surface area contributed by atoms with E-state index < -0.39 is 17.0 Å². The molecule has 1 heterocycles. The van der Waals surface area contributed by atoms with Gasteiger partial charge >= 0.3 is 0 Å². The number of hydrogen-bond donors (Lipinski definition) is 0. The van der Waals surface area contributed by atoms with E-state index in [1.807, 2.05) is 19.1 Å². The average Bonchev–Trinajstić information content (AvgIpc) is 2.32. The Hall–Kier alpha value is -1.48. The molecule has 0 saturated carbocycles. The number of benzene rings is 1. The molecule has 0 aliphatic rings. The third kappa shape index (κ3) is 2.67. The number of pyridine rings is 1. The maximum absolute atomic E-state index is 13.6. The minimum absolute atomic E-state index is 0.0933. The van der Waals surface area contributed by atoms with Crippen LogP contribution < -0.4 is 0 Å². The molecule has 0 amide bonds. The second kappa shape index (κ2) is 5.44. The summed E-state index contributed by atoms with van der Waals surface area (Å²) in [5.74, 6) is -1.24. The zero-order valence-corrected chi connectivity index (χ0v) is 10.6. The second-order valence-corrected chi connectivity index (χ2v) is 4.60. The highest BCUT2D eigenvalue weighted by Gasteiger charge is 2.19. The minimum Gasteiger partial charge on any atom is -0.261 e. The van der Waals surface area contributed by atoms with Gasteiger partial charge in [-0.3, -0.25) is 4.98 Å². The summed E-state index contributed by atoms with van der Waals surface area (Å²) in [7, 11) is 0. The number of alkyl halides is 1. The second-order valence-electron chi connectivity index (χ2n) is 4.07. The normalized spacial score (nSPS) is 12.4. The fraction of sp³-hybridized carbons (Fsp3) is 0.214. The Kier molecular flexibility index (Phi) is 3.92. The molecular weight excluding hydrogens is 256 g/mol. The predicted octanol–water partition coefficient (Wildman–Crippen LogP) is 4.19. The van der Waals surface area contributed by atoms with Crippen molar-refractivity contribution in [3.8, 4) is 0 Å². The lowest BCUT2D eigenvalue weighted by atomic mass is 10.0. The highest BCUT2D eigenvalue weighted by molar-refractivity contribution is 6.21. The molecule has 0 aliphatic heterocycles. The Bertz CT molecular complexity index is 537. The summed E-state index contributed by atoms with van der Waals surface area (Å²) < 4.78 is 27.1. The van der Waals surface area contributed by atoms with E-state index in [9.17, 15) is 8.78 Å². The molecular formula is C14H12ClF2N. The van der Waals surface area contributed by atoms with Crippen molar-refractivity contribution in [1.29, 1.82) is 0 Å². The van der Waals surface area contributed by atoms with Crippen LogP contribution in [0.15, 0.2) is 36.5 Å². The molecule has 0 N–H and O–H groups in total. The Morgan fingerprint density at radius 1 is 1.17 bits per heavy atom. The van der Waals surface area contributed by atoms with E-state index in [2.05, 4.69) is 4.98 Å². The van der Waals surface area contributed by atoms with Crippen LogP contribution in [0, 0.1) is 18.6 Å². The maximum atomic E-state index is 13.6. The molecule has 94 valence electrons. The van der Waals surface area contributed by atoms with Gasteiger partial charge in [0.2, 0.25) is 0 Å². The molecule has 0 spiro atoms. The fourth-order valence-electron chi connectivity index (χ4n) is 1.81. The van der Waals surface area contributed by atoms with Crippen molar-refractivity contribution < 1.29 is 8.78 Å². The third-order valence-corrected chi connectivity index (χ3v) is 3.18. The van der Waals surface area contributed by atoms with Gasteiger partial charge in [0.05, 0.1) is 5.38 Å². The van der Waals surface area contributed by atoms with Gasteiger partial charge in [-0.05, 0) is 30.7 Å². The smallest absolute Gasteiger partial charge is 0.130 e. The number of nitrogens with zero attached hydrogens (tertiary/aromatic N) is 1. The maximum Gasteiger partial charge on any atom is 0.130 e. The SMILES string of the molecule is Cc1cccnc1CC(Cl)c1c(F)cccc1F. The van der Waals surface area contributed by atoms with Crippen LogP contribution in [0.2, 0.25) is 0 Å². The van der Waals surface area contributed by atoms with Crippen LogP contribution in [0.1, 0.15) is 22.2 Å². The molecule has 2 rings (SSSR count). The first-order valence-electron chi connectivity index (χ1n) is 5.58. The monoisotopic (exact) mass is 267 g/mol. The fourth-order valence-corrected chi connectivity index (χ4v) is 2.17. The Labute approximate surface area is 109 Å². The van der Waals surface area contributed by atoms with Gasteiger partial charge in [0, 0.05) is 23.9 Å². The van der Waals surface area contributed by atoms with Gasteiger partial charge in [-0.1, -0.05) is 12.1 Å². The summed E-state index contributed by atoms with van der Waals surface area (Å²) in [6.45, 7) is 1.89. The van der Waals surface area contributed by atoms with Crippen molar-refractivity contribution in [3.63, 3.8) is 0 Å². The number of aryl methyl sites for hydroxylation is 1. The summed E-state index contributed by atoms with van der Waals surface area (Å²) in [4.78, 5) is 4.17. The van der Waals surface area contributed by atoms with Crippen LogP contribution in [-0.4, -0.2) is 4.98 Å². The van der Waals surface area contributed by atoms with E-state index in [1.54, 1.807) is 6.20 Å². The quantitative estimate of drug-likeness (QED) is 0.760. The summed E-state index contributed by atoms with van der Waals surface area (Å²) in [6, 6.07) is 7.44. The van der Waals surface area contributed by atoms with Crippen LogP contribution >= 0.6 is 11.6 Å². The molecule has 1 atom stereocenters. The Balaban J connectivity index is 2.28. The zero-order chi connectivity index (χ0) is 13.1. The summed E-state index contributed by atoms with van der Waals surface area (Å²) >= 11 is 6.10. The van der Waals surface area contributed by atoms with Crippen LogP contribution in [-0.2, 0) is 6.42 Å². The van der Waals surface area contributed by atoms with Gasteiger partial charge in [-0.2, -0.15) is 0 Å². The number of halogens is 3. The van der Waals surface area contributed by atoms with Gasteiger partial charge < -0.3 is 0 Å². The molecule has 0 bridgehead atoms. The Morgan fingerprint density at radius 3 is 2.44 bits per heavy atom. The molecule has 4 heteroatoms. The van der Waals surface area contributed by atoms with Crippen LogP contribution in [0.25, 0.3) is 0 Å². The van der Waals surface area contributed by atoms with Crippen LogP contribution in [0.5, 0.6) is 0 Å². The lowest BCUT2D eigenvalue weighted by Gasteiger charge is -2.12. The van der Waals surface area contributed by atoms with Gasteiger partial charge in [0.15, 0.2) is 0 Å². The van der Waals surface area contributed by atoms with E-state index in [-0.39, 0.29) is 5.56 Å². The molecule has 0 saturated heterocycles. The highest BCUT2D eigenvalue weighted by atomic mass is 35.5. The topological polar surface area (TPSA) is 12.9 Å². The molecule has 0 radical (unpaired) electrons. The number of hydrogen-bond acceptors (Lipinski definition) is 1. The molecule has 1 unspecified atom stereocenters. The van der Waals surface area contributed by atoms with Crippen molar-refractivity contribution in [2.45, 2.75) is 18.7 Å². The average molecular weight is 268 g/mol. The van der Waals surface area contributed by atoms with E-state index >= 15 is 0 Å². The number of aromatic nitrogens is 1. The largest absolute Gasteiger partial charge is 0.261 e. The molecule has 0 aliphatic carbocycles. The lowest BCUT2D eigenvalue weighted by molar-refractivity contribution is 0.550. The molecule has 1 nitrogen and oxygen atoms in total. The van der Waals surface area contributed by atoms with Crippen LogP contribution in [0.4, 0.5) is 8.78 Å². The van der Waals surface area contributed by atoms with E-state index in [1.165, 1.54) is 18.2 Å². The first kappa shape index (κ1) is 13.0. The summed E-state index contributed by atoms with van der Waals surface area (Å²) in [5.41, 5.74) is 1.62. The van der Waals surface area contributed by atoms with E-state index in [4.69, 9.17) is 11.6 Å². The standard InChI is InChI=1S/C14H12ClF2N/c1-9-4-3-7-18-13(9)8-10(15)14-11(16)5-2-6-12(14)17/h2-7,10H,8H2,1H3. The van der Waals surface area contributed by atoms with Gasteiger partial charge in [0.25, 0.3) is 0 Å². The summed E-state index contributed by atoms with van der Waals surface area (Å²) in [6.07, 6.45) is 1.94. The zero-order valence-electron chi connectivity index (χ0n) is 9.83. The third-order valence-electron chi connectivity index (χ3n) is 2.80. The van der Waals surface area contributed by atoms with E-state index in [0.29, 0.717) is 6.42 Å². The lowest BCUT2D eigenvalue weighted by Crippen LogP contribution is -2.04. The van der Waals surface area contributed by atoms with Crippen molar-refractivity contribution in [1.82, 2.24) is 4.98 Å². The molecule has 1 aromatic carbocycles. The first-order chi connectivity index (χ1) is 8.59. The molecule has 1 aromatic heterocycles. The molecule has 18 heavy (non-hydrogen) atoms. The van der Waals surface area contributed by atoms with Gasteiger partial charge in [-0.25, -0.2) is 8.78 Å². The first-order valence-corrected chi connectivity index (χ1v) is 6.01. The summed E-state index contributed by atoms with van der Waals surface area (Å²) in [5, 5.41) is -0.764. The van der Waals surface area contributed by atoms with Crippen LogP contribution in [0.3, 0.4) is 0 Å². The van der Waals surface area contributed by atoms with E-state index in [0.717, 1.165) is 11.3 Å².